The minimum absolute atomic E-state index is 0.00664. The van der Waals surface area contributed by atoms with Crippen molar-refractivity contribution in [1.82, 2.24) is 10.2 Å². The Morgan fingerprint density at radius 2 is 1.67 bits per heavy atom. The smallest absolute Gasteiger partial charge is 0.263 e. The summed E-state index contributed by atoms with van der Waals surface area (Å²) < 4.78 is 28.0. The molecular weight excluding hydrogens is 447 g/mol. The molecule has 3 N–H and O–H groups in total. The van der Waals surface area contributed by atoms with Crippen molar-refractivity contribution in [1.29, 1.82) is 0 Å². The van der Waals surface area contributed by atoms with Gasteiger partial charge in [-0.05, 0) is 60.7 Å². The van der Waals surface area contributed by atoms with Gasteiger partial charge in [-0.2, -0.15) is 5.10 Å². The number of hydrogen-bond donors (Lipinski definition) is 3. The van der Waals surface area contributed by atoms with Gasteiger partial charge in [-0.3, -0.25) is 14.6 Å². The van der Waals surface area contributed by atoms with Crippen molar-refractivity contribution in [2.45, 2.75) is 4.90 Å². The lowest BCUT2D eigenvalue weighted by Gasteiger charge is -2.11. The van der Waals surface area contributed by atoms with Crippen LogP contribution in [0.25, 0.3) is 10.9 Å². The van der Waals surface area contributed by atoms with Gasteiger partial charge in [0.1, 0.15) is 4.90 Å². The van der Waals surface area contributed by atoms with Gasteiger partial charge in [-0.25, -0.2) is 8.42 Å². The van der Waals surface area contributed by atoms with E-state index in [1.54, 1.807) is 36.5 Å². The number of H-pyrrole nitrogens is 1. The number of rotatable bonds is 5. The van der Waals surface area contributed by atoms with E-state index in [0.717, 1.165) is 10.9 Å². The molecule has 152 valence electrons. The maximum atomic E-state index is 12.8. The number of carbonyl (C=O) groups excluding carboxylic acids is 1. The fourth-order valence-electron chi connectivity index (χ4n) is 2.80. The summed E-state index contributed by atoms with van der Waals surface area (Å²) in [4.78, 5) is 12.5. The van der Waals surface area contributed by atoms with E-state index in [4.69, 9.17) is 23.2 Å². The fraction of sp³-hybridized carbons (Fsp3) is 0. The normalized spacial score (nSPS) is 11.4. The summed E-state index contributed by atoms with van der Waals surface area (Å²) in [5.41, 5.74) is 1.84. The van der Waals surface area contributed by atoms with Crippen molar-refractivity contribution in [2.24, 2.45) is 0 Å². The largest absolute Gasteiger partial charge is 0.322 e. The zero-order valence-corrected chi connectivity index (χ0v) is 17.5. The standard InChI is InChI=1S/C20H14Cl2N4O3S/c21-14-2-4-15(5-3-14)26-30(28,29)19-10-12(1-7-17(19)22)20(27)24-16-6-8-18-13(9-16)11-23-25-18/h1-11,26H,(H,23,25)(H,24,27). The average molecular weight is 461 g/mol. The number of anilines is 2. The number of nitrogens with one attached hydrogen (secondary N) is 3. The highest BCUT2D eigenvalue weighted by molar-refractivity contribution is 7.92. The van der Waals surface area contributed by atoms with Gasteiger partial charge in [-0.15, -0.1) is 0 Å². The SMILES string of the molecule is O=C(Nc1ccc2[nH]ncc2c1)c1ccc(Cl)c(S(=O)(=O)Nc2ccc(Cl)cc2)c1. The Kier molecular flexibility index (Phi) is 5.38. The number of amides is 1. The maximum absolute atomic E-state index is 12.8. The van der Waals surface area contributed by atoms with Crippen LogP contribution in [0.4, 0.5) is 11.4 Å². The fourth-order valence-corrected chi connectivity index (χ4v) is 4.51. The lowest BCUT2D eigenvalue weighted by Crippen LogP contribution is -2.16. The summed E-state index contributed by atoms with van der Waals surface area (Å²) in [5, 5.41) is 10.8. The third kappa shape index (κ3) is 4.25. The number of aromatic amines is 1. The quantitative estimate of drug-likeness (QED) is 0.392. The van der Waals surface area contributed by atoms with Crippen molar-refractivity contribution in [3.63, 3.8) is 0 Å². The lowest BCUT2D eigenvalue weighted by atomic mass is 10.2. The molecule has 0 bridgehead atoms. The van der Waals surface area contributed by atoms with E-state index in [1.165, 1.54) is 30.3 Å². The molecule has 0 saturated heterocycles. The van der Waals surface area contributed by atoms with Crippen molar-refractivity contribution in [3.8, 4) is 0 Å². The maximum Gasteiger partial charge on any atom is 0.263 e. The second-order valence-electron chi connectivity index (χ2n) is 6.38. The third-order valence-electron chi connectivity index (χ3n) is 4.28. The second kappa shape index (κ2) is 7.98. The summed E-state index contributed by atoms with van der Waals surface area (Å²) >= 11 is 11.9. The van der Waals surface area contributed by atoms with Crippen molar-refractivity contribution < 1.29 is 13.2 Å². The van der Waals surface area contributed by atoms with Crippen molar-refractivity contribution in [3.05, 3.63) is 82.5 Å². The Labute approximate surface area is 182 Å². The van der Waals surface area contributed by atoms with E-state index in [9.17, 15) is 13.2 Å². The first-order chi connectivity index (χ1) is 14.3. The highest BCUT2D eigenvalue weighted by atomic mass is 35.5. The van der Waals surface area contributed by atoms with Crippen LogP contribution < -0.4 is 10.0 Å². The Balaban J connectivity index is 1.60. The van der Waals surface area contributed by atoms with Crippen LogP contribution in [0.3, 0.4) is 0 Å². The highest BCUT2D eigenvalue weighted by Crippen LogP contribution is 2.26. The second-order valence-corrected chi connectivity index (χ2v) is 8.88. The van der Waals surface area contributed by atoms with Crippen LogP contribution >= 0.6 is 23.2 Å². The molecule has 0 saturated carbocycles. The lowest BCUT2D eigenvalue weighted by molar-refractivity contribution is 0.102. The Bertz CT molecular complexity index is 1350. The number of sulfonamides is 1. The molecule has 4 rings (SSSR count). The molecule has 0 radical (unpaired) electrons. The van der Waals surface area contributed by atoms with Crippen LogP contribution in [-0.2, 0) is 10.0 Å². The molecule has 0 aliphatic rings. The van der Waals surface area contributed by atoms with E-state index >= 15 is 0 Å². The predicted octanol–water partition coefficient (Wildman–Crippen LogP) is 4.92. The van der Waals surface area contributed by atoms with Crippen LogP contribution in [0, 0.1) is 0 Å². The van der Waals surface area contributed by atoms with Gasteiger partial charge in [0.25, 0.3) is 15.9 Å². The first-order valence-electron chi connectivity index (χ1n) is 8.64. The molecule has 1 heterocycles. The van der Waals surface area contributed by atoms with Gasteiger partial charge in [0, 0.05) is 27.3 Å². The molecule has 0 aliphatic carbocycles. The zero-order valence-electron chi connectivity index (χ0n) is 15.2. The minimum atomic E-state index is -4.02. The first-order valence-corrected chi connectivity index (χ1v) is 10.9. The number of benzene rings is 3. The molecule has 10 heteroatoms. The van der Waals surface area contributed by atoms with Gasteiger partial charge >= 0.3 is 0 Å². The number of carbonyl (C=O) groups is 1. The Morgan fingerprint density at radius 1 is 0.933 bits per heavy atom. The average Bonchev–Trinajstić information content (AvgIpc) is 3.17. The van der Waals surface area contributed by atoms with Gasteiger partial charge in [0.15, 0.2) is 0 Å². The van der Waals surface area contributed by atoms with E-state index < -0.39 is 15.9 Å². The van der Waals surface area contributed by atoms with Crippen LogP contribution in [0.2, 0.25) is 10.0 Å². The molecule has 3 aromatic carbocycles. The molecule has 4 aromatic rings. The molecule has 0 fully saturated rings. The van der Waals surface area contributed by atoms with Crippen LogP contribution in [-0.4, -0.2) is 24.5 Å². The topological polar surface area (TPSA) is 104 Å². The molecule has 0 unspecified atom stereocenters. The van der Waals surface area contributed by atoms with Gasteiger partial charge in [0.05, 0.1) is 16.7 Å². The van der Waals surface area contributed by atoms with E-state index in [2.05, 4.69) is 20.2 Å². The van der Waals surface area contributed by atoms with E-state index in [0.29, 0.717) is 16.4 Å². The Morgan fingerprint density at radius 3 is 2.43 bits per heavy atom. The van der Waals surface area contributed by atoms with Crippen LogP contribution in [0.5, 0.6) is 0 Å². The van der Waals surface area contributed by atoms with E-state index in [-0.39, 0.29) is 15.5 Å². The molecule has 1 aromatic heterocycles. The molecule has 7 nitrogen and oxygen atoms in total. The first kappa shape index (κ1) is 20.2. The highest BCUT2D eigenvalue weighted by Gasteiger charge is 2.20. The van der Waals surface area contributed by atoms with Crippen molar-refractivity contribution >= 4 is 61.4 Å². The molecule has 1 amide bonds. The molecule has 0 aliphatic heterocycles. The summed E-state index contributed by atoms with van der Waals surface area (Å²) in [6.07, 6.45) is 1.64. The molecule has 30 heavy (non-hydrogen) atoms. The molecular formula is C20H14Cl2N4O3S. The van der Waals surface area contributed by atoms with Gasteiger partial charge < -0.3 is 5.32 Å². The summed E-state index contributed by atoms with van der Waals surface area (Å²) in [7, 11) is -4.02. The van der Waals surface area contributed by atoms with Gasteiger partial charge in [-0.1, -0.05) is 23.2 Å². The Hall–Kier alpha value is -3.07. The number of hydrogen-bond acceptors (Lipinski definition) is 4. The summed E-state index contributed by atoms with van der Waals surface area (Å²) in [6, 6.07) is 15.5. The summed E-state index contributed by atoms with van der Waals surface area (Å²) in [5.74, 6) is -0.475. The predicted molar refractivity (Wildman–Crippen MR) is 118 cm³/mol. The molecule has 0 atom stereocenters. The minimum Gasteiger partial charge on any atom is -0.322 e. The molecule has 0 spiro atoms. The van der Waals surface area contributed by atoms with E-state index in [1.807, 2.05) is 0 Å². The number of aromatic nitrogens is 2. The number of fused-ring (bicyclic) bond motifs is 1. The van der Waals surface area contributed by atoms with Crippen molar-refractivity contribution in [2.75, 3.05) is 10.0 Å². The number of halogens is 2. The van der Waals surface area contributed by atoms with Crippen LogP contribution in [0.1, 0.15) is 10.4 Å². The van der Waals surface area contributed by atoms with Gasteiger partial charge in [0.2, 0.25) is 0 Å². The van der Waals surface area contributed by atoms with Crippen LogP contribution in [0.15, 0.2) is 71.8 Å². The summed E-state index contributed by atoms with van der Waals surface area (Å²) in [6.45, 7) is 0. The monoisotopic (exact) mass is 460 g/mol. The number of nitrogens with zero attached hydrogens (tertiary/aromatic N) is 1. The zero-order chi connectivity index (χ0) is 21.3. The third-order valence-corrected chi connectivity index (χ3v) is 6.39.